The van der Waals surface area contributed by atoms with Gasteiger partial charge >= 0.3 is 0 Å². The molecule has 9 nitrogen and oxygen atoms in total. The van der Waals surface area contributed by atoms with Gasteiger partial charge in [-0.15, -0.1) is 0 Å². The Bertz CT molecular complexity index is 1700. The molecule has 212 valence electrons. The Morgan fingerprint density at radius 2 is 1.74 bits per heavy atom. The molecule has 2 aromatic carbocycles. The van der Waals surface area contributed by atoms with E-state index in [-0.39, 0.29) is 23.5 Å². The van der Waals surface area contributed by atoms with Gasteiger partial charge in [-0.25, -0.2) is 22.8 Å². The van der Waals surface area contributed by atoms with Crippen LogP contribution in [0.4, 0.5) is 13.2 Å². The number of halogens is 3. The van der Waals surface area contributed by atoms with Crippen LogP contribution in [0.2, 0.25) is 0 Å². The maximum atomic E-state index is 14.8. The van der Waals surface area contributed by atoms with Crippen molar-refractivity contribution in [2.75, 3.05) is 6.54 Å². The van der Waals surface area contributed by atoms with E-state index in [0.29, 0.717) is 28.5 Å². The highest BCUT2D eigenvalue weighted by Gasteiger charge is 2.34. The summed E-state index contributed by atoms with van der Waals surface area (Å²) in [6.07, 6.45) is 10.5. The molecule has 0 saturated heterocycles. The topological polar surface area (TPSA) is 129 Å². The fourth-order valence-corrected chi connectivity index (χ4v) is 4.47. The molecule has 0 aliphatic carbocycles. The summed E-state index contributed by atoms with van der Waals surface area (Å²) in [5.41, 5.74) is -0.192. The first-order chi connectivity index (χ1) is 20.2. The molecule has 1 aliphatic heterocycles. The van der Waals surface area contributed by atoms with Gasteiger partial charge in [0.2, 0.25) is 0 Å². The number of hydrogen-bond acceptors (Lipinski definition) is 7. The summed E-state index contributed by atoms with van der Waals surface area (Å²) in [7, 11) is 0. The average molecular weight is 572 g/mol. The van der Waals surface area contributed by atoms with Crippen LogP contribution in [-0.2, 0) is 16.9 Å². The molecule has 12 heteroatoms. The molecule has 3 heterocycles. The summed E-state index contributed by atoms with van der Waals surface area (Å²) in [5, 5.41) is 30.0. The lowest BCUT2D eigenvalue weighted by Gasteiger charge is -2.29. The van der Waals surface area contributed by atoms with Gasteiger partial charge in [-0.05, 0) is 60.2 Å². The van der Waals surface area contributed by atoms with Crippen LogP contribution in [0.15, 0.2) is 109 Å². The van der Waals surface area contributed by atoms with Gasteiger partial charge in [0.1, 0.15) is 41.4 Å². The van der Waals surface area contributed by atoms with E-state index in [1.54, 1.807) is 36.7 Å². The molecule has 1 aliphatic rings. The summed E-state index contributed by atoms with van der Waals surface area (Å²) in [4.78, 5) is 21.2. The van der Waals surface area contributed by atoms with Gasteiger partial charge in [0.15, 0.2) is 0 Å². The second kappa shape index (κ2) is 12.0. The zero-order chi connectivity index (χ0) is 29.7. The van der Waals surface area contributed by atoms with Gasteiger partial charge in [-0.3, -0.25) is 15.2 Å². The lowest BCUT2D eigenvalue weighted by Crippen LogP contribution is -2.46. The lowest BCUT2D eigenvalue weighted by molar-refractivity contribution is -0.119. The van der Waals surface area contributed by atoms with Gasteiger partial charge in [-0.1, -0.05) is 12.1 Å². The van der Waals surface area contributed by atoms with Crippen LogP contribution < -0.4 is 10.6 Å². The Hall–Kier alpha value is -5.36. The van der Waals surface area contributed by atoms with Crippen molar-refractivity contribution in [3.8, 4) is 0 Å². The van der Waals surface area contributed by atoms with Crippen LogP contribution in [-0.4, -0.2) is 43.0 Å². The van der Waals surface area contributed by atoms with Crippen LogP contribution in [0.25, 0.3) is 5.57 Å². The largest absolute Gasteiger partial charge is 0.381 e. The number of pyridine rings is 1. The van der Waals surface area contributed by atoms with Crippen molar-refractivity contribution in [1.29, 1.82) is 5.41 Å². The Morgan fingerprint density at radius 1 is 1.00 bits per heavy atom. The van der Waals surface area contributed by atoms with Crippen molar-refractivity contribution < 1.29 is 23.1 Å². The van der Waals surface area contributed by atoms with Crippen molar-refractivity contribution in [3.05, 3.63) is 143 Å². The quantitative estimate of drug-likeness (QED) is 0.227. The summed E-state index contributed by atoms with van der Waals surface area (Å²) in [6, 6.07) is 11.7. The summed E-state index contributed by atoms with van der Waals surface area (Å²) < 4.78 is 43.2. The van der Waals surface area contributed by atoms with E-state index >= 15 is 0 Å². The molecule has 0 bridgehead atoms. The van der Waals surface area contributed by atoms with E-state index in [1.165, 1.54) is 47.7 Å². The zero-order valence-electron chi connectivity index (χ0n) is 21.9. The maximum absolute atomic E-state index is 14.8. The number of benzene rings is 2. The second-order valence-electron chi connectivity index (χ2n) is 9.40. The molecule has 0 radical (unpaired) electrons. The molecule has 4 aromatic rings. The van der Waals surface area contributed by atoms with Crippen LogP contribution in [0.1, 0.15) is 16.7 Å². The van der Waals surface area contributed by atoms with Crippen molar-refractivity contribution in [1.82, 2.24) is 30.4 Å². The minimum Gasteiger partial charge on any atom is -0.381 e. The van der Waals surface area contributed by atoms with E-state index in [0.717, 1.165) is 12.1 Å². The standard InChI is InChI=1S/C30H24F3N7O2/c31-21-6-4-20(5-7-21)28(34)27(19-10-12-35-13-11-19)25-2-1-3-26(39-25)29(41)37-15-30(42,16-40-18-36-17-38-40)23-9-8-22(32)14-24(23)33/h1-14,17-18,34,39,42H,15-16H2,(H,37,41)/b27-25-,34-28?. The molecule has 0 fully saturated rings. The van der Waals surface area contributed by atoms with E-state index in [9.17, 15) is 23.1 Å². The van der Waals surface area contributed by atoms with Crippen molar-refractivity contribution in [2.45, 2.75) is 12.1 Å². The van der Waals surface area contributed by atoms with Crippen molar-refractivity contribution in [2.24, 2.45) is 0 Å². The molecule has 1 unspecified atom stereocenters. The molecule has 4 N–H and O–H groups in total. The fraction of sp³-hybridized carbons (Fsp3) is 0.100. The number of carbonyl (C=O) groups is 1. The van der Waals surface area contributed by atoms with Gasteiger partial charge < -0.3 is 15.7 Å². The van der Waals surface area contributed by atoms with Crippen LogP contribution >= 0.6 is 0 Å². The molecule has 42 heavy (non-hydrogen) atoms. The SMILES string of the molecule is N=C(/C(=C1/C=CC=C(C(=O)NCC(O)(Cn2cncn2)c2ccc(F)cc2F)N1)c1ccncc1)c1ccc(F)cc1. The number of allylic oxidation sites excluding steroid dienone is 4. The first-order valence-electron chi connectivity index (χ1n) is 12.7. The highest BCUT2D eigenvalue weighted by molar-refractivity contribution is 6.31. The smallest absolute Gasteiger partial charge is 0.267 e. The zero-order valence-corrected chi connectivity index (χ0v) is 21.9. The number of dihydropyridines is 1. The number of nitrogens with zero attached hydrogens (tertiary/aromatic N) is 4. The van der Waals surface area contributed by atoms with E-state index < -0.39 is 35.5 Å². The van der Waals surface area contributed by atoms with E-state index in [1.807, 2.05) is 0 Å². The summed E-state index contributed by atoms with van der Waals surface area (Å²) in [6.45, 7) is -0.743. The molecular formula is C30H24F3N7O2. The van der Waals surface area contributed by atoms with Crippen LogP contribution in [0.3, 0.4) is 0 Å². The summed E-state index contributed by atoms with van der Waals surface area (Å²) in [5.74, 6) is -2.89. The normalized spacial score (nSPS) is 15.3. The first-order valence-corrected chi connectivity index (χ1v) is 12.7. The van der Waals surface area contributed by atoms with Gasteiger partial charge in [0.25, 0.3) is 5.91 Å². The highest BCUT2D eigenvalue weighted by atomic mass is 19.1. The van der Waals surface area contributed by atoms with E-state index in [4.69, 9.17) is 5.41 Å². The number of aliphatic hydroxyl groups is 1. The average Bonchev–Trinajstić information content (AvgIpc) is 3.50. The van der Waals surface area contributed by atoms with Gasteiger partial charge in [-0.2, -0.15) is 5.10 Å². The van der Waals surface area contributed by atoms with Gasteiger partial charge in [0, 0.05) is 40.9 Å². The molecule has 0 spiro atoms. The van der Waals surface area contributed by atoms with Crippen LogP contribution in [0.5, 0.6) is 0 Å². The third-order valence-electron chi connectivity index (χ3n) is 6.52. The first kappa shape index (κ1) is 28.2. The Kier molecular flexibility index (Phi) is 8.07. The fourth-order valence-electron chi connectivity index (χ4n) is 4.47. The van der Waals surface area contributed by atoms with E-state index in [2.05, 4.69) is 25.7 Å². The van der Waals surface area contributed by atoms with Crippen LogP contribution in [0, 0.1) is 22.9 Å². The Morgan fingerprint density at radius 3 is 2.43 bits per heavy atom. The molecule has 0 saturated carbocycles. The molecule has 2 aromatic heterocycles. The number of hydrogen-bond donors (Lipinski definition) is 4. The Labute approximate surface area is 238 Å². The number of rotatable bonds is 9. The summed E-state index contributed by atoms with van der Waals surface area (Å²) >= 11 is 0. The number of amides is 1. The molecule has 5 rings (SSSR count). The minimum absolute atomic E-state index is 0.0731. The number of carbonyl (C=O) groups excluding carboxylic acids is 1. The van der Waals surface area contributed by atoms with Crippen molar-refractivity contribution >= 4 is 17.2 Å². The minimum atomic E-state index is -2.02. The predicted molar refractivity (Wildman–Crippen MR) is 148 cm³/mol. The second-order valence-corrected chi connectivity index (χ2v) is 9.40. The molecular weight excluding hydrogens is 547 g/mol. The third-order valence-corrected chi connectivity index (χ3v) is 6.52. The number of aromatic nitrogens is 4. The van der Waals surface area contributed by atoms with Gasteiger partial charge in [0.05, 0.1) is 18.8 Å². The predicted octanol–water partition coefficient (Wildman–Crippen LogP) is 3.62. The highest BCUT2D eigenvalue weighted by Crippen LogP contribution is 2.27. The molecule has 1 atom stereocenters. The third kappa shape index (κ3) is 6.18. The monoisotopic (exact) mass is 571 g/mol. The lowest BCUT2D eigenvalue weighted by atomic mass is 9.92. The van der Waals surface area contributed by atoms with Crippen molar-refractivity contribution in [3.63, 3.8) is 0 Å². The number of nitrogens with one attached hydrogen (secondary N) is 3. The molecule has 1 amide bonds. The maximum Gasteiger partial charge on any atom is 0.267 e. The Balaban J connectivity index is 1.41.